The van der Waals surface area contributed by atoms with E-state index in [0.29, 0.717) is 5.82 Å². The van der Waals surface area contributed by atoms with Gasteiger partial charge < -0.3 is 15.0 Å². The van der Waals surface area contributed by atoms with E-state index >= 15 is 0 Å². The highest BCUT2D eigenvalue weighted by molar-refractivity contribution is 5.75. The second-order valence-electron chi connectivity index (χ2n) is 6.41. The lowest BCUT2D eigenvalue weighted by Crippen LogP contribution is -2.08. The zero-order valence-corrected chi connectivity index (χ0v) is 15.5. The molecule has 136 valence electrons. The fourth-order valence-electron chi connectivity index (χ4n) is 3.00. The molecule has 0 bridgehead atoms. The van der Waals surface area contributed by atoms with Crippen molar-refractivity contribution >= 4 is 22.8 Å². The Labute approximate surface area is 158 Å². The molecule has 0 saturated heterocycles. The van der Waals surface area contributed by atoms with Gasteiger partial charge in [0.05, 0.1) is 19.0 Å². The topological polar surface area (TPSA) is 54.7 Å². The standard InChI is InChI=1S/C21H21N5O/c1-25(2)17-8-5-7-16(13-17)24-20-21-23-14-19(26(21)11-10-22-20)15-6-4-9-18(12-15)27-3/h4-14H,1-3H3,(H,22,24). The smallest absolute Gasteiger partial charge is 0.180 e. The highest BCUT2D eigenvalue weighted by atomic mass is 16.5. The molecule has 0 aliphatic heterocycles. The second-order valence-corrected chi connectivity index (χ2v) is 6.41. The van der Waals surface area contributed by atoms with Gasteiger partial charge >= 0.3 is 0 Å². The highest BCUT2D eigenvalue weighted by Gasteiger charge is 2.11. The molecule has 1 N–H and O–H groups in total. The van der Waals surface area contributed by atoms with Crippen molar-refractivity contribution in [1.82, 2.24) is 14.4 Å². The first kappa shape index (κ1) is 16.9. The van der Waals surface area contributed by atoms with E-state index in [1.807, 2.05) is 67.3 Å². The normalized spacial score (nSPS) is 10.8. The summed E-state index contributed by atoms with van der Waals surface area (Å²) in [5.74, 6) is 1.53. The average Bonchev–Trinajstić information content (AvgIpc) is 3.13. The van der Waals surface area contributed by atoms with E-state index in [4.69, 9.17) is 4.74 Å². The summed E-state index contributed by atoms with van der Waals surface area (Å²) in [6, 6.07) is 16.1. The van der Waals surface area contributed by atoms with Crippen LogP contribution in [-0.4, -0.2) is 35.6 Å². The summed E-state index contributed by atoms with van der Waals surface area (Å²) in [7, 11) is 5.71. The summed E-state index contributed by atoms with van der Waals surface area (Å²) in [6.45, 7) is 0. The van der Waals surface area contributed by atoms with Gasteiger partial charge in [0.2, 0.25) is 0 Å². The summed E-state index contributed by atoms with van der Waals surface area (Å²) >= 11 is 0. The highest BCUT2D eigenvalue weighted by Crippen LogP contribution is 2.28. The Morgan fingerprint density at radius 3 is 2.70 bits per heavy atom. The SMILES string of the molecule is COc1cccc(-c2cnc3c(Nc4cccc(N(C)C)c4)nccn23)c1. The monoisotopic (exact) mass is 359 g/mol. The molecule has 0 aliphatic carbocycles. The van der Waals surface area contributed by atoms with Crippen molar-refractivity contribution in [2.24, 2.45) is 0 Å². The van der Waals surface area contributed by atoms with Crippen molar-refractivity contribution in [2.45, 2.75) is 0 Å². The van der Waals surface area contributed by atoms with Crippen LogP contribution in [0.15, 0.2) is 67.1 Å². The van der Waals surface area contributed by atoms with Gasteiger partial charge in [-0.1, -0.05) is 18.2 Å². The lowest BCUT2D eigenvalue weighted by Gasteiger charge is -2.14. The molecule has 0 fully saturated rings. The summed E-state index contributed by atoms with van der Waals surface area (Å²) in [5, 5.41) is 3.38. The number of hydrogen-bond acceptors (Lipinski definition) is 5. The molecule has 0 atom stereocenters. The predicted molar refractivity (Wildman–Crippen MR) is 109 cm³/mol. The summed E-state index contributed by atoms with van der Waals surface area (Å²) < 4.78 is 7.37. The molecular weight excluding hydrogens is 338 g/mol. The number of imidazole rings is 1. The van der Waals surface area contributed by atoms with E-state index in [0.717, 1.165) is 34.0 Å². The Hall–Kier alpha value is -3.54. The zero-order chi connectivity index (χ0) is 18.8. The molecule has 2 aromatic heterocycles. The van der Waals surface area contributed by atoms with Crippen LogP contribution in [0.2, 0.25) is 0 Å². The van der Waals surface area contributed by atoms with Crippen molar-refractivity contribution in [2.75, 3.05) is 31.4 Å². The number of nitrogens with one attached hydrogen (secondary N) is 1. The lowest BCUT2D eigenvalue weighted by atomic mass is 10.1. The van der Waals surface area contributed by atoms with E-state index in [1.165, 1.54) is 0 Å². The molecule has 0 spiro atoms. The minimum absolute atomic E-state index is 0.711. The van der Waals surface area contributed by atoms with Gasteiger partial charge in [-0.25, -0.2) is 9.97 Å². The number of fused-ring (bicyclic) bond motifs is 1. The maximum Gasteiger partial charge on any atom is 0.180 e. The number of aromatic nitrogens is 3. The first-order chi connectivity index (χ1) is 13.2. The molecule has 6 heteroatoms. The lowest BCUT2D eigenvalue weighted by molar-refractivity contribution is 0.415. The van der Waals surface area contributed by atoms with Crippen molar-refractivity contribution in [3.63, 3.8) is 0 Å². The van der Waals surface area contributed by atoms with Crippen LogP contribution in [0.25, 0.3) is 16.9 Å². The molecule has 27 heavy (non-hydrogen) atoms. The zero-order valence-electron chi connectivity index (χ0n) is 15.5. The third kappa shape index (κ3) is 3.29. The third-order valence-electron chi connectivity index (χ3n) is 4.42. The number of benzene rings is 2. The molecule has 2 aromatic carbocycles. The number of nitrogens with zero attached hydrogens (tertiary/aromatic N) is 4. The van der Waals surface area contributed by atoms with Crippen LogP contribution in [0.5, 0.6) is 5.75 Å². The van der Waals surface area contributed by atoms with Crippen molar-refractivity contribution in [1.29, 1.82) is 0 Å². The summed E-state index contributed by atoms with van der Waals surface area (Å²) in [6.07, 6.45) is 5.54. The number of anilines is 3. The molecular formula is C21H21N5O. The first-order valence-electron chi connectivity index (χ1n) is 8.66. The largest absolute Gasteiger partial charge is 0.497 e. The average molecular weight is 359 g/mol. The number of hydrogen-bond donors (Lipinski definition) is 1. The molecule has 4 aromatic rings. The first-order valence-corrected chi connectivity index (χ1v) is 8.66. The van der Waals surface area contributed by atoms with Crippen LogP contribution >= 0.6 is 0 Å². The molecule has 0 unspecified atom stereocenters. The van der Waals surface area contributed by atoms with E-state index in [1.54, 1.807) is 13.3 Å². The van der Waals surface area contributed by atoms with Gasteiger partial charge in [-0.05, 0) is 30.3 Å². The molecule has 2 heterocycles. The second kappa shape index (κ2) is 6.99. The van der Waals surface area contributed by atoms with Crippen molar-refractivity contribution in [3.05, 3.63) is 67.1 Å². The fourth-order valence-corrected chi connectivity index (χ4v) is 3.00. The summed E-state index contributed by atoms with van der Waals surface area (Å²) in [4.78, 5) is 11.1. The van der Waals surface area contributed by atoms with E-state index < -0.39 is 0 Å². The van der Waals surface area contributed by atoms with Gasteiger partial charge in [0.1, 0.15) is 5.75 Å². The van der Waals surface area contributed by atoms with Gasteiger partial charge in [0, 0.05) is 43.4 Å². The predicted octanol–water partition coefficient (Wildman–Crippen LogP) is 4.21. The van der Waals surface area contributed by atoms with Crippen LogP contribution in [0, 0.1) is 0 Å². The Morgan fingerprint density at radius 2 is 1.89 bits per heavy atom. The van der Waals surface area contributed by atoms with Crippen LogP contribution in [0.3, 0.4) is 0 Å². The molecule has 0 saturated carbocycles. The van der Waals surface area contributed by atoms with Gasteiger partial charge in [0.15, 0.2) is 11.5 Å². The van der Waals surface area contributed by atoms with Gasteiger partial charge in [-0.2, -0.15) is 0 Å². The molecule has 6 nitrogen and oxygen atoms in total. The fraction of sp³-hybridized carbons (Fsp3) is 0.143. The minimum atomic E-state index is 0.711. The molecule has 0 amide bonds. The molecule has 0 aliphatic rings. The quantitative estimate of drug-likeness (QED) is 0.578. The minimum Gasteiger partial charge on any atom is -0.497 e. The van der Waals surface area contributed by atoms with Crippen molar-refractivity contribution < 1.29 is 4.74 Å². The maximum atomic E-state index is 5.34. The summed E-state index contributed by atoms with van der Waals surface area (Å²) in [5.41, 5.74) is 4.87. The van der Waals surface area contributed by atoms with E-state index in [2.05, 4.69) is 32.3 Å². The molecule has 4 rings (SSSR count). The van der Waals surface area contributed by atoms with Gasteiger partial charge in [-0.3, -0.25) is 4.40 Å². The van der Waals surface area contributed by atoms with Gasteiger partial charge in [-0.15, -0.1) is 0 Å². The van der Waals surface area contributed by atoms with Gasteiger partial charge in [0.25, 0.3) is 0 Å². The van der Waals surface area contributed by atoms with E-state index in [-0.39, 0.29) is 0 Å². The van der Waals surface area contributed by atoms with E-state index in [9.17, 15) is 0 Å². The third-order valence-corrected chi connectivity index (χ3v) is 4.42. The Kier molecular flexibility index (Phi) is 4.38. The maximum absolute atomic E-state index is 5.34. The van der Waals surface area contributed by atoms with Crippen molar-refractivity contribution in [3.8, 4) is 17.0 Å². The number of ether oxygens (including phenoxy) is 1. The van der Waals surface area contributed by atoms with Crippen LogP contribution in [-0.2, 0) is 0 Å². The van der Waals surface area contributed by atoms with Crippen LogP contribution in [0.1, 0.15) is 0 Å². The van der Waals surface area contributed by atoms with Crippen LogP contribution in [0.4, 0.5) is 17.2 Å². The number of rotatable bonds is 5. The number of methoxy groups -OCH3 is 1. The Morgan fingerprint density at radius 1 is 1.04 bits per heavy atom. The molecule has 0 radical (unpaired) electrons. The Bertz CT molecular complexity index is 1090. The Balaban J connectivity index is 1.73. The van der Waals surface area contributed by atoms with Crippen LogP contribution < -0.4 is 15.0 Å².